The topological polar surface area (TPSA) is 200 Å². The molecule has 41 heavy (non-hydrogen) atoms. The number of nitro benzene ring substituents is 2. The van der Waals surface area contributed by atoms with E-state index >= 15 is 0 Å². The number of nitrogens with zero attached hydrogens (tertiary/aromatic N) is 5. The van der Waals surface area contributed by atoms with Crippen molar-refractivity contribution in [2.75, 3.05) is 40.9 Å². The van der Waals surface area contributed by atoms with Crippen LogP contribution in [-0.2, 0) is 0 Å². The molecule has 0 radical (unpaired) electrons. The van der Waals surface area contributed by atoms with Crippen molar-refractivity contribution in [3.8, 4) is 0 Å². The lowest BCUT2D eigenvalue weighted by atomic mass is 10.00. The number of rotatable bonds is 7. The van der Waals surface area contributed by atoms with Gasteiger partial charge in [-0.2, -0.15) is 0 Å². The Labute approximate surface area is 237 Å². The summed E-state index contributed by atoms with van der Waals surface area (Å²) in [4.78, 5) is 28.0. The predicted molar refractivity (Wildman–Crippen MR) is 160 cm³/mol. The maximum atomic E-state index is 11.3. The number of hydrogen-bond acceptors (Lipinski definition) is 11. The van der Waals surface area contributed by atoms with E-state index in [1.54, 1.807) is 24.3 Å². The summed E-state index contributed by atoms with van der Waals surface area (Å²) < 4.78 is 0. The van der Waals surface area contributed by atoms with Gasteiger partial charge in [-0.1, -0.05) is 0 Å². The molecule has 0 unspecified atom stereocenters. The maximum absolute atomic E-state index is 11.3. The summed E-state index contributed by atoms with van der Waals surface area (Å²) in [6, 6.07) is 18.2. The van der Waals surface area contributed by atoms with Crippen molar-refractivity contribution < 1.29 is 9.85 Å². The largest absolute Gasteiger partial charge is 0.368 e. The van der Waals surface area contributed by atoms with Gasteiger partial charge in [0.15, 0.2) is 0 Å². The lowest BCUT2D eigenvalue weighted by Crippen LogP contribution is -2.53. The van der Waals surface area contributed by atoms with Crippen molar-refractivity contribution >= 4 is 39.8 Å². The highest BCUT2D eigenvalue weighted by atomic mass is 16.6. The van der Waals surface area contributed by atoms with Crippen molar-refractivity contribution in [2.24, 2.45) is 22.9 Å². The molecule has 5 rings (SSSR count). The average Bonchev–Trinajstić information content (AvgIpc) is 2.92. The van der Waals surface area contributed by atoms with Crippen LogP contribution in [0.15, 0.2) is 66.7 Å². The molecule has 0 aliphatic carbocycles. The van der Waals surface area contributed by atoms with E-state index in [0.29, 0.717) is 37.6 Å². The molecule has 2 fully saturated rings. The molecule has 0 bridgehead atoms. The Morgan fingerprint density at radius 2 is 0.927 bits per heavy atom. The van der Waals surface area contributed by atoms with Gasteiger partial charge >= 0.3 is 0 Å². The zero-order chi connectivity index (χ0) is 29.3. The SMILES string of the molecule is N[C@@H]1C[C@H](N)CN(c2cc(N3C[C@H](N)C[C@H](N)C3)cc(N(c3ccc([N+](=O)[O-])cc3)c3ccc([N+](=O)[O-])cc3)c2)C1. The third kappa shape index (κ3) is 6.38. The lowest BCUT2D eigenvalue weighted by Gasteiger charge is -2.39. The highest BCUT2D eigenvalue weighted by Gasteiger charge is 2.28. The van der Waals surface area contributed by atoms with Gasteiger partial charge in [0.25, 0.3) is 11.4 Å². The van der Waals surface area contributed by atoms with Crippen LogP contribution in [0.1, 0.15) is 12.8 Å². The van der Waals surface area contributed by atoms with Crippen LogP contribution in [0.3, 0.4) is 0 Å². The molecule has 3 aromatic carbocycles. The molecule has 13 nitrogen and oxygen atoms in total. The molecule has 2 aliphatic heterocycles. The van der Waals surface area contributed by atoms with Gasteiger partial charge in [-0.25, -0.2) is 0 Å². The smallest absolute Gasteiger partial charge is 0.269 e. The van der Waals surface area contributed by atoms with E-state index in [4.69, 9.17) is 22.9 Å². The van der Waals surface area contributed by atoms with Crippen LogP contribution in [0.2, 0.25) is 0 Å². The molecule has 8 N–H and O–H groups in total. The second-order valence-corrected chi connectivity index (χ2v) is 10.9. The first-order valence-corrected chi connectivity index (χ1v) is 13.5. The molecular formula is C28H35N9O4. The maximum Gasteiger partial charge on any atom is 0.269 e. The van der Waals surface area contributed by atoms with Crippen LogP contribution < -0.4 is 37.6 Å². The van der Waals surface area contributed by atoms with Crippen LogP contribution in [0.5, 0.6) is 0 Å². The fourth-order valence-corrected chi connectivity index (χ4v) is 5.75. The fourth-order valence-electron chi connectivity index (χ4n) is 5.75. The first-order chi connectivity index (χ1) is 19.6. The first-order valence-electron chi connectivity index (χ1n) is 13.5. The molecule has 2 heterocycles. The van der Waals surface area contributed by atoms with Gasteiger partial charge in [-0.3, -0.25) is 20.2 Å². The number of non-ortho nitro benzene ring substituents is 2. The normalized spacial score (nSPS) is 22.8. The van der Waals surface area contributed by atoms with E-state index in [1.807, 2.05) is 17.0 Å². The van der Waals surface area contributed by atoms with Gasteiger partial charge in [-0.15, -0.1) is 0 Å². The Morgan fingerprint density at radius 3 is 1.24 bits per heavy atom. The number of hydrogen-bond donors (Lipinski definition) is 4. The minimum atomic E-state index is -0.454. The highest BCUT2D eigenvalue weighted by Crippen LogP contribution is 2.40. The lowest BCUT2D eigenvalue weighted by molar-refractivity contribution is -0.385. The van der Waals surface area contributed by atoms with Crippen molar-refractivity contribution in [3.05, 3.63) is 87.0 Å². The van der Waals surface area contributed by atoms with Gasteiger partial charge in [0.1, 0.15) is 0 Å². The second kappa shape index (κ2) is 11.7. The van der Waals surface area contributed by atoms with Crippen LogP contribution >= 0.6 is 0 Å². The summed E-state index contributed by atoms with van der Waals surface area (Å²) in [6.45, 7) is 2.52. The molecule has 0 spiro atoms. The van der Waals surface area contributed by atoms with E-state index in [9.17, 15) is 20.2 Å². The fraction of sp³-hybridized carbons (Fsp3) is 0.357. The van der Waals surface area contributed by atoms with Crippen LogP contribution in [0, 0.1) is 20.2 Å². The van der Waals surface area contributed by atoms with E-state index < -0.39 is 9.85 Å². The zero-order valence-corrected chi connectivity index (χ0v) is 22.6. The zero-order valence-electron chi connectivity index (χ0n) is 22.6. The monoisotopic (exact) mass is 561 g/mol. The van der Waals surface area contributed by atoms with Gasteiger partial charge in [0.2, 0.25) is 0 Å². The number of benzene rings is 3. The third-order valence-corrected chi connectivity index (χ3v) is 7.54. The molecule has 0 saturated carbocycles. The molecule has 216 valence electrons. The van der Waals surface area contributed by atoms with E-state index in [2.05, 4.69) is 15.9 Å². The molecule has 3 aromatic rings. The van der Waals surface area contributed by atoms with Crippen molar-refractivity contribution in [1.82, 2.24) is 0 Å². The Morgan fingerprint density at radius 1 is 0.585 bits per heavy atom. The van der Waals surface area contributed by atoms with E-state index in [0.717, 1.165) is 29.9 Å². The Balaban J connectivity index is 1.66. The third-order valence-electron chi connectivity index (χ3n) is 7.54. The summed E-state index contributed by atoms with van der Waals surface area (Å²) >= 11 is 0. The highest BCUT2D eigenvalue weighted by molar-refractivity contribution is 5.82. The van der Waals surface area contributed by atoms with Gasteiger partial charge in [0.05, 0.1) is 15.5 Å². The van der Waals surface area contributed by atoms with E-state index in [1.165, 1.54) is 24.3 Å². The summed E-state index contributed by atoms with van der Waals surface area (Å²) in [7, 11) is 0. The van der Waals surface area contributed by atoms with Crippen molar-refractivity contribution in [2.45, 2.75) is 37.0 Å². The van der Waals surface area contributed by atoms with E-state index in [-0.39, 0.29) is 35.5 Å². The minimum Gasteiger partial charge on any atom is -0.368 e. The minimum absolute atomic E-state index is 0.0422. The molecule has 2 saturated heterocycles. The number of anilines is 5. The van der Waals surface area contributed by atoms with Crippen LogP contribution in [-0.4, -0.2) is 60.2 Å². The molecule has 13 heteroatoms. The standard InChI is InChI=1S/C28H35N9O4/c29-18-9-19(30)15-33(14-18)26-11-27(34-16-20(31)10-21(32)17-34)13-28(12-26)35(22-1-5-24(6-2-22)36(38)39)23-3-7-25(8-4-23)37(40)41/h1-8,11-13,18-21H,9-10,14-17,29-32H2/t18-,19+,20-,21+. The summed E-state index contributed by atoms with van der Waals surface area (Å²) in [6.07, 6.45) is 1.47. The van der Waals surface area contributed by atoms with Gasteiger partial charge in [0, 0.05) is 97.4 Å². The van der Waals surface area contributed by atoms with Gasteiger partial charge in [-0.05, 0) is 55.3 Å². The Kier molecular flexibility index (Phi) is 8.03. The van der Waals surface area contributed by atoms with Crippen molar-refractivity contribution in [1.29, 1.82) is 0 Å². The first kappa shape index (κ1) is 28.2. The number of piperidine rings is 2. The summed E-state index contributed by atoms with van der Waals surface area (Å²) in [5.74, 6) is 0. The predicted octanol–water partition coefficient (Wildman–Crippen LogP) is 2.70. The molecule has 0 aromatic heterocycles. The average molecular weight is 562 g/mol. The van der Waals surface area contributed by atoms with Crippen LogP contribution in [0.4, 0.5) is 39.8 Å². The second-order valence-electron chi connectivity index (χ2n) is 10.9. The molecule has 2 aliphatic rings. The van der Waals surface area contributed by atoms with Crippen molar-refractivity contribution in [3.63, 3.8) is 0 Å². The number of nitrogens with two attached hydrogens (primary N) is 4. The summed E-state index contributed by atoms with van der Waals surface area (Å²) in [5, 5.41) is 22.7. The van der Waals surface area contributed by atoms with Gasteiger partial charge < -0.3 is 37.6 Å². The quantitative estimate of drug-likeness (QED) is 0.244. The van der Waals surface area contributed by atoms with Crippen LogP contribution in [0.25, 0.3) is 0 Å². The molecular weight excluding hydrogens is 526 g/mol. The Hall–Kier alpha value is -4.30. The molecule has 4 atom stereocenters. The molecule has 0 amide bonds. The summed E-state index contributed by atoms with van der Waals surface area (Å²) in [5.41, 5.74) is 29.1. The number of nitro groups is 2. The Bertz CT molecular complexity index is 1280.